The highest BCUT2D eigenvalue weighted by atomic mass is 19.1. The van der Waals surface area contributed by atoms with Gasteiger partial charge >= 0.3 is 0 Å². The van der Waals surface area contributed by atoms with Crippen LogP contribution in [-0.2, 0) is 6.54 Å². The van der Waals surface area contributed by atoms with Gasteiger partial charge in [-0.1, -0.05) is 27.7 Å². The van der Waals surface area contributed by atoms with Crippen molar-refractivity contribution in [2.24, 2.45) is 5.92 Å². The summed E-state index contributed by atoms with van der Waals surface area (Å²) in [7, 11) is 0. The zero-order valence-electron chi connectivity index (χ0n) is 12.5. The SMILES string of the molecule is CC(C)CC(C)Oc1nccc(CNC(C)C)c1F. The van der Waals surface area contributed by atoms with Crippen LogP contribution < -0.4 is 10.1 Å². The number of rotatable bonds is 7. The highest BCUT2D eigenvalue weighted by Gasteiger charge is 2.14. The van der Waals surface area contributed by atoms with Crippen molar-refractivity contribution in [2.45, 2.75) is 59.7 Å². The molecule has 3 nitrogen and oxygen atoms in total. The molecule has 0 aromatic carbocycles. The van der Waals surface area contributed by atoms with Crippen LogP contribution in [0.25, 0.3) is 0 Å². The Morgan fingerprint density at radius 1 is 1.26 bits per heavy atom. The normalized spacial score (nSPS) is 13.1. The molecule has 0 radical (unpaired) electrons. The summed E-state index contributed by atoms with van der Waals surface area (Å²) in [4.78, 5) is 3.99. The second kappa shape index (κ2) is 7.43. The Hall–Kier alpha value is -1.16. The van der Waals surface area contributed by atoms with Crippen LogP contribution in [0, 0.1) is 11.7 Å². The number of nitrogens with one attached hydrogen (secondary N) is 1. The highest BCUT2D eigenvalue weighted by Crippen LogP contribution is 2.20. The van der Waals surface area contributed by atoms with Gasteiger partial charge in [0.05, 0.1) is 6.10 Å². The summed E-state index contributed by atoms with van der Waals surface area (Å²) in [6.45, 7) is 10.7. The van der Waals surface area contributed by atoms with Gasteiger partial charge < -0.3 is 10.1 Å². The van der Waals surface area contributed by atoms with Gasteiger partial charge in [-0.3, -0.25) is 0 Å². The Labute approximate surface area is 115 Å². The first kappa shape index (κ1) is 15.9. The van der Waals surface area contributed by atoms with Gasteiger partial charge in [-0.05, 0) is 25.3 Å². The summed E-state index contributed by atoms with van der Waals surface area (Å²) in [5, 5.41) is 3.19. The monoisotopic (exact) mass is 268 g/mol. The molecule has 0 amide bonds. The van der Waals surface area contributed by atoms with Gasteiger partial charge in [-0.25, -0.2) is 9.37 Å². The van der Waals surface area contributed by atoms with E-state index < -0.39 is 0 Å². The number of pyridine rings is 1. The van der Waals surface area contributed by atoms with Crippen molar-refractivity contribution >= 4 is 0 Å². The first-order valence-electron chi connectivity index (χ1n) is 6.93. The predicted octanol–water partition coefficient (Wildman–Crippen LogP) is 3.53. The second-order valence-corrected chi connectivity index (χ2v) is 5.68. The summed E-state index contributed by atoms with van der Waals surface area (Å²) in [5.74, 6) is 0.270. The maximum Gasteiger partial charge on any atom is 0.250 e. The first-order valence-corrected chi connectivity index (χ1v) is 6.93. The zero-order chi connectivity index (χ0) is 14.4. The van der Waals surface area contributed by atoms with Gasteiger partial charge in [0.15, 0.2) is 5.82 Å². The standard InChI is InChI=1S/C15H25FN2O/c1-10(2)8-12(5)19-15-14(16)13(6-7-17-15)9-18-11(3)4/h6-7,10-12,18H,8-9H2,1-5H3. The van der Waals surface area contributed by atoms with E-state index in [0.717, 1.165) is 6.42 Å². The van der Waals surface area contributed by atoms with E-state index >= 15 is 0 Å². The number of nitrogens with zero attached hydrogens (tertiary/aromatic N) is 1. The molecule has 0 aliphatic rings. The quantitative estimate of drug-likeness (QED) is 0.821. The summed E-state index contributed by atoms with van der Waals surface area (Å²) in [6.07, 6.45) is 2.45. The highest BCUT2D eigenvalue weighted by molar-refractivity contribution is 5.23. The van der Waals surface area contributed by atoms with Gasteiger partial charge in [0.25, 0.3) is 5.88 Å². The molecule has 0 saturated heterocycles. The van der Waals surface area contributed by atoms with Crippen molar-refractivity contribution in [3.05, 3.63) is 23.6 Å². The molecule has 0 fully saturated rings. The van der Waals surface area contributed by atoms with Crippen LogP contribution in [0.5, 0.6) is 5.88 Å². The van der Waals surface area contributed by atoms with E-state index in [1.165, 1.54) is 0 Å². The second-order valence-electron chi connectivity index (χ2n) is 5.68. The smallest absolute Gasteiger partial charge is 0.250 e. The van der Waals surface area contributed by atoms with E-state index in [0.29, 0.717) is 24.1 Å². The summed E-state index contributed by atoms with van der Waals surface area (Å²) < 4.78 is 19.8. The van der Waals surface area contributed by atoms with Crippen LogP contribution in [0.3, 0.4) is 0 Å². The van der Waals surface area contributed by atoms with E-state index in [-0.39, 0.29) is 17.8 Å². The predicted molar refractivity (Wildman–Crippen MR) is 75.7 cm³/mol. The molecule has 1 aromatic rings. The molecular weight excluding hydrogens is 243 g/mol. The number of halogens is 1. The van der Waals surface area contributed by atoms with Gasteiger partial charge in [-0.2, -0.15) is 0 Å². The molecule has 0 bridgehead atoms. The third-order valence-electron chi connectivity index (χ3n) is 2.75. The molecule has 1 heterocycles. The first-order chi connectivity index (χ1) is 8.90. The maximum absolute atomic E-state index is 14.2. The minimum absolute atomic E-state index is 0.0321. The molecule has 108 valence electrons. The van der Waals surface area contributed by atoms with Crippen molar-refractivity contribution in [3.63, 3.8) is 0 Å². The molecule has 4 heteroatoms. The fourth-order valence-electron chi connectivity index (χ4n) is 1.90. The van der Waals surface area contributed by atoms with Crippen molar-refractivity contribution in [2.75, 3.05) is 0 Å². The average molecular weight is 268 g/mol. The van der Waals surface area contributed by atoms with Gasteiger partial charge in [0.1, 0.15) is 0 Å². The number of aromatic nitrogens is 1. The zero-order valence-corrected chi connectivity index (χ0v) is 12.5. The molecule has 1 aromatic heterocycles. The lowest BCUT2D eigenvalue weighted by Gasteiger charge is -2.17. The lowest BCUT2D eigenvalue weighted by molar-refractivity contribution is 0.176. The van der Waals surface area contributed by atoms with Crippen LogP contribution in [0.4, 0.5) is 4.39 Å². The van der Waals surface area contributed by atoms with E-state index in [1.54, 1.807) is 12.3 Å². The van der Waals surface area contributed by atoms with E-state index in [4.69, 9.17) is 4.74 Å². The summed E-state index contributed by atoms with van der Waals surface area (Å²) in [5.41, 5.74) is 0.593. The number of hydrogen-bond acceptors (Lipinski definition) is 3. The topological polar surface area (TPSA) is 34.1 Å². The van der Waals surface area contributed by atoms with Crippen LogP contribution >= 0.6 is 0 Å². The van der Waals surface area contributed by atoms with Crippen molar-refractivity contribution in [1.29, 1.82) is 0 Å². The van der Waals surface area contributed by atoms with E-state index in [9.17, 15) is 4.39 Å². The fraction of sp³-hybridized carbons (Fsp3) is 0.667. The number of ether oxygens (including phenoxy) is 1. The van der Waals surface area contributed by atoms with Gasteiger partial charge in [0, 0.05) is 24.3 Å². The fourth-order valence-corrected chi connectivity index (χ4v) is 1.90. The molecule has 1 unspecified atom stereocenters. The van der Waals surface area contributed by atoms with E-state index in [2.05, 4.69) is 24.1 Å². The Bertz CT molecular complexity index is 394. The lowest BCUT2D eigenvalue weighted by Crippen LogP contribution is -2.23. The third kappa shape index (κ3) is 5.55. The minimum Gasteiger partial charge on any atom is -0.473 e. The molecule has 1 atom stereocenters. The molecule has 19 heavy (non-hydrogen) atoms. The Morgan fingerprint density at radius 2 is 1.95 bits per heavy atom. The van der Waals surface area contributed by atoms with Crippen LogP contribution in [0.2, 0.25) is 0 Å². The summed E-state index contributed by atoms with van der Waals surface area (Å²) >= 11 is 0. The minimum atomic E-state index is -0.355. The van der Waals surface area contributed by atoms with Crippen LogP contribution in [-0.4, -0.2) is 17.1 Å². The largest absolute Gasteiger partial charge is 0.473 e. The number of hydrogen-bond donors (Lipinski definition) is 1. The molecule has 0 aliphatic carbocycles. The molecule has 1 rings (SSSR count). The molecule has 0 saturated carbocycles. The van der Waals surface area contributed by atoms with Gasteiger partial charge in [-0.15, -0.1) is 0 Å². The van der Waals surface area contributed by atoms with Crippen molar-refractivity contribution in [3.8, 4) is 5.88 Å². The van der Waals surface area contributed by atoms with Crippen molar-refractivity contribution < 1.29 is 9.13 Å². The van der Waals surface area contributed by atoms with Crippen LogP contribution in [0.1, 0.15) is 46.6 Å². The van der Waals surface area contributed by atoms with Crippen molar-refractivity contribution in [1.82, 2.24) is 10.3 Å². The summed E-state index contributed by atoms with van der Waals surface area (Å²) in [6, 6.07) is 2.00. The third-order valence-corrected chi connectivity index (χ3v) is 2.75. The molecule has 0 spiro atoms. The van der Waals surface area contributed by atoms with Gasteiger partial charge in [0.2, 0.25) is 0 Å². The van der Waals surface area contributed by atoms with Crippen LogP contribution in [0.15, 0.2) is 12.3 Å². The Balaban J connectivity index is 2.71. The Kier molecular flexibility index (Phi) is 6.22. The van der Waals surface area contributed by atoms with E-state index in [1.807, 2.05) is 20.8 Å². The molecular formula is C15H25FN2O. The Morgan fingerprint density at radius 3 is 2.53 bits per heavy atom. The lowest BCUT2D eigenvalue weighted by atomic mass is 10.1. The molecule has 1 N–H and O–H groups in total. The maximum atomic E-state index is 14.2. The molecule has 0 aliphatic heterocycles. The average Bonchev–Trinajstić information content (AvgIpc) is 2.29.